The minimum Gasteiger partial charge on any atom is -0.493 e. The lowest BCUT2D eigenvalue weighted by Crippen LogP contribution is -2.38. The summed E-state index contributed by atoms with van der Waals surface area (Å²) in [5, 5.41) is 0. The van der Waals surface area contributed by atoms with Gasteiger partial charge in [0, 0.05) is 25.2 Å². The number of ether oxygens (including phenoxy) is 2. The van der Waals surface area contributed by atoms with Gasteiger partial charge in [-0.05, 0) is 48.2 Å². The summed E-state index contributed by atoms with van der Waals surface area (Å²) in [6.07, 6.45) is 3.93. The Hall–Kier alpha value is -2.84. The number of methoxy groups -OCH3 is 2. The number of thioether (sulfide) groups is 1. The lowest BCUT2D eigenvalue weighted by molar-refractivity contribution is -0.123. The van der Waals surface area contributed by atoms with Crippen LogP contribution in [0.2, 0.25) is 0 Å². The van der Waals surface area contributed by atoms with Crippen LogP contribution in [-0.2, 0) is 16.0 Å². The molecule has 2 aliphatic rings. The van der Waals surface area contributed by atoms with Crippen LogP contribution < -0.4 is 14.4 Å². The number of fused-ring (bicyclic) bond motifs is 1. The molecule has 0 atom stereocenters. The van der Waals surface area contributed by atoms with Gasteiger partial charge in [0.1, 0.15) is 4.32 Å². The van der Waals surface area contributed by atoms with Crippen LogP contribution in [0, 0.1) is 0 Å². The predicted octanol–water partition coefficient (Wildman–Crippen LogP) is 4.27. The first kappa shape index (κ1) is 22.4. The van der Waals surface area contributed by atoms with E-state index in [9.17, 15) is 9.59 Å². The van der Waals surface area contributed by atoms with Crippen molar-refractivity contribution in [1.29, 1.82) is 0 Å². The number of carbonyl (C=O) groups is 2. The summed E-state index contributed by atoms with van der Waals surface area (Å²) in [5.74, 6) is 1.04. The molecular formula is C24H24N2O4S2. The number of hydrogen-bond acceptors (Lipinski definition) is 6. The van der Waals surface area contributed by atoms with E-state index in [2.05, 4.69) is 6.07 Å². The summed E-state index contributed by atoms with van der Waals surface area (Å²) in [6, 6.07) is 13.4. The van der Waals surface area contributed by atoms with E-state index in [-0.39, 0.29) is 24.8 Å². The summed E-state index contributed by atoms with van der Waals surface area (Å²) in [7, 11) is 3.14. The van der Waals surface area contributed by atoms with Crippen molar-refractivity contribution in [3.63, 3.8) is 0 Å². The molecule has 166 valence electrons. The zero-order valence-corrected chi connectivity index (χ0v) is 19.6. The molecule has 0 unspecified atom stereocenters. The molecule has 0 bridgehead atoms. The van der Waals surface area contributed by atoms with Gasteiger partial charge in [-0.25, -0.2) is 0 Å². The third-order valence-electron chi connectivity index (χ3n) is 5.54. The van der Waals surface area contributed by atoms with Crippen molar-refractivity contribution in [2.45, 2.75) is 19.3 Å². The molecule has 32 heavy (non-hydrogen) atoms. The van der Waals surface area contributed by atoms with Crippen LogP contribution in [0.15, 0.2) is 47.4 Å². The molecule has 8 heteroatoms. The largest absolute Gasteiger partial charge is 0.493 e. The average Bonchev–Trinajstić information content (AvgIpc) is 3.08. The van der Waals surface area contributed by atoms with Crippen molar-refractivity contribution in [3.8, 4) is 11.5 Å². The topological polar surface area (TPSA) is 59.1 Å². The monoisotopic (exact) mass is 468 g/mol. The number of anilines is 1. The maximum Gasteiger partial charge on any atom is 0.266 e. The molecule has 2 heterocycles. The van der Waals surface area contributed by atoms with Crippen molar-refractivity contribution < 1.29 is 19.1 Å². The number of para-hydroxylation sites is 1. The van der Waals surface area contributed by atoms with Crippen LogP contribution in [0.1, 0.15) is 24.0 Å². The van der Waals surface area contributed by atoms with E-state index in [1.807, 2.05) is 35.2 Å². The lowest BCUT2D eigenvalue weighted by atomic mass is 10.0. The molecule has 0 N–H and O–H groups in total. The van der Waals surface area contributed by atoms with Crippen molar-refractivity contribution in [2.75, 3.05) is 32.2 Å². The van der Waals surface area contributed by atoms with Gasteiger partial charge in [-0.1, -0.05) is 48.2 Å². The molecular weight excluding hydrogens is 444 g/mol. The average molecular weight is 469 g/mol. The number of nitrogens with zero attached hydrogens (tertiary/aromatic N) is 2. The summed E-state index contributed by atoms with van der Waals surface area (Å²) >= 11 is 6.68. The van der Waals surface area contributed by atoms with E-state index in [0.29, 0.717) is 27.3 Å². The molecule has 2 aliphatic heterocycles. The molecule has 1 fully saturated rings. The van der Waals surface area contributed by atoms with Gasteiger partial charge in [0.25, 0.3) is 5.91 Å². The Labute approximate surface area is 197 Å². The Morgan fingerprint density at radius 1 is 1.16 bits per heavy atom. The highest BCUT2D eigenvalue weighted by Gasteiger charge is 2.33. The van der Waals surface area contributed by atoms with Crippen LogP contribution in [0.3, 0.4) is 0 Å². The van der Waals surface area contributed by atoms with Gasteiger partial charge in [0.2, 0.25) is 5.91 Å². The van der Waals surface area contributed by atoms with Crippen LogP contribution >= 0.6 is 24.0 Å². The SMILES string of the molecule is COc1ccc(/C=C2\SC(=S)N(CCC(=O)N3CCCc4ccccc43)C2=O)cc1OC. The van der Waals surface area contributed by atoms with Crippen LogP contribution in [0.4, 0.5) is 5.69 Å². The number of amides is 2. The van der Waals surface area contributed by atoms with Crippen molar-refractivity contribution in [1.82, 2.24) is 4.90 Å². The van der Waals surface area contributed by atoms with Crippen LogP contribution in [0.25, 0.3) is 6.08 Å². The molecule has 0 aliphatic carbocycles. The number of thiocarbonyl (C=S) groups is 1. The van der Waals surface area contributed by atoms with E-state index < -0.39 is 0 Å². The fraction of sp³-hybridized carbons (Fsp3) is 0.292. The van der Waals surface area contributed by atoms with Crippen molar-refractivity contribution >= 4 is 51.9 Å². The summed E-state index contributed by atoms with van der Waals surface area (Å²) < 4.78 is 11.1. The minimum absolute atomic E-state index is 0.00932. The lowest BCUT2D eigenvalue weighted by Gasteiger charge is -2.30. The minimum atomic E-state index is -0.179. The zero-order chi connectivity index (χ0) is 22.7. The van der Waals surface area contributed by atoms with E-state index >= 15 is 0 Å². The van der Waals surface area contributed by atoms with Crippen molar-refractivity contribution in [3.05, 3.63) is 58.5 Å². The first-order valence-corrected chi connectivity index (χ1v) is 11.6. The standard InChI is InChI=1S/C24H24N2O4S2/c1-29-19-10-9-16(14-20(19)30-2)15-21-23(28)26(24(31)32-21)13-11-22(27)25-12-5-7-17-6-3-4-8-18(17)25/h3-4,6,8-10,14-15H,5,7,11-13H2,1-2H3/b21-15-. The fourth-order valence-corrected chi connectivity index (χ4v) is 5.23. The van der Waals surface area contributed by atoms with Gasteiger partial charge < -0.3 is 14.4 Å². The van der Waals surface area contributed by atoms with Gasteiger partial charge in [-0.15, -0.1) is 0 Å². The second-order valence-electron chi connectivity index (χ2n) is 7.48. The Balaban J connectivity index is 1.44. The van der Waals surface area contributed by atoms with E-state index in [4.69, 9.17) is 21.7 Å². The number of carbonyl (C=O) groups excluding carboxylic acids is 2. The van der Waals surface area contributed by atoms with E-state index in [1.54, 1.807) is 26.4 Å². The van der Waals surface area contributed by atoms with Crippen molar-refractivity contribution in [2.24, 2.45) is 0 Å². The molecule has 2 aromatic carbocycles. The normalized spacial score (nSPS) is 17.0. The maximum atomic E-state index is 13.0. The quantitative estimate of drug-likeness (QED) is 0.466. The van der Waals surface area contributed by atoms with Gasteiger partial charge >= 0.3 is 0 Å². The highest BCUT2D eigenvalue weighted by atomic mass is 32.2. The third-order valence-corrected chi connectivity index (χ3v) is 6.92. The highest BCUT2D eigenvalue weighted by Crippen LogP contribution is 2.35. The number of hydrogen-bond donors (Lipinski definition) is 0. The molecule has 6 nitrogen and oxygen atoms in total. The first-order chi connectivity index (χ1) is 15.5. The number of benzene rings is 2. The van der Waals surface area contributed by atoms with E-state index in [1.165, 1.54) is 22.2 Å². The Kier molecular flexibility index (Phi) is 6.81. The molecule has 2 aromatic rings. The third kappa shape index (κ3) is 4.52. The van der Waals surface area contributed by atoms with Gasteiger partial charge in [0.05, 0.1) is 19.1 Å². The maximum absolute atomic E-state index is 13.0. The second-order valence-corrected chi connectivity index (χ2v) is 9.15. The van der Waals surface area contributed by atoms with Crippen LogP contribution in [0.5, 0.6) is 11.5 Å². The first-order valence-electron chi connectivity index (χ1n) is 10.4. The Morgan fingerprint density at radius 3 is 2.72 bits per heavy atom. The molecule has 0 spiro atoms. The number of aryl methyl sites for hydroxylation is 1. The van der Waals surface area contributed by atoms with Gasteiger partial charge in [-0.3, -0.25) is 14.5 Å². The van der Waals surface area contributed by atoms with Crippen LogP contribution in [-0.4, -0.2) is 48.3 Å². The predicted molar refractivity (Wildman–Crippen MR) is 131 cm³/mol. The summed E-state index contributed by atoms with van der Waals surface area (Å²) in [6.45, 7) is 0.971. The molecule has 0 saturated carbocycles. The second kappa shape index (κ2) is 9.75. The van der Waals surface area contributed by atoms with Gasteiger partial charge in [-0.2, -0.15) is 0 Å². The highest BCUT2D eigenvalue weighted by molar-refractivity contribution is 8.26. The number of rotatable bonds is 6. The molecule has 0 aromatic heterocycles. The Morgan fingerprint density at radius 2 is 1.94 bits per heavy atom. The summed E-state index contributed by atoms with van der Waals surface area (Å²) in [5.41, 5.74) is 2.97. The fourth-order valence-electron chi connectivity index (χ4n) is 3.92. The molecule has 0 radical (unpaired) electrons. The zero-order valence-electron chi connectivity index (χ0n) is 18.0. The molecule has 1 saturated heterocycles. The molecule has 4 rings (SSSR count). The van der Waals surface area contributed by atoms with Gasteiger partial charge in [0.15, 0.2) is 11.5 Å². The smallest absolute Gasteiger partial charge is 0.266 e. The molecule has 2 amide bonds. The Bertz CT molecular complexity index is 1100. The summed E-state index contributed by atoms with van der Waals surface area (Å²) in [4.78, 5) is 29.8. The van der Waals surface area contributed by atoms with E-state index in [0.717, 1.165) is 24.1 Å².